The summed E-state index contributed by atoms with van der Waals surface area (Å²) in [5.41, 5.74) is 1.91. The van der Waals surface area contributed by atoms with E-state index >= 15 is 0 Å². The zero-order valence-corrected chi connectivity index (χ0v) is 12.7. The van der Waals surface area contributed by atoms with Crippen LogP contribution in [0.25, 0.3) is 0 Å². The Morgan fingerprint density at radius 2 is 2.10 bits per heavy atom. The Kier molecular flexibility index (Phi) is 5.58. The molecule has 0 aliphatic rings. The van der Waals surface area contributed by atoms with Crippen molar-refractivity contribution in [3.05, 3.63) is 64.9 Å². The van der Waals surface area contributed by atoms with Crippen LogP contribution in [0.2, 0.25) is 5.02 Å². The van der Waals surface area contributed by atoms with Gasteiger partial charge in [-0.25, -0.2) is 4.79 Å². The van der Waals surface area contributed by atoms with Crippen molar-refractivity contribution in [3.8, 4) is 0 Å². The molecule has 2 aromatic rings. The summed E-state index contributed by atoms with van der Waals surface area (Å²) in [5.74, 6) is 0. The Morgan fingerprint density at radius 1 is 1.29 bits per heavy atom. The Hall–Kier alpha value is -2.07. The van der Waals surface area contributed by atoms with Gasteiger partial charge in [-0.15, -0.1) is 0 Å². The topological polar surface area (TPSA) is 45.2 Å². The maximum absolute atomic E-state index is 12.2. The summed E-state index contributed by atoms with van der Waals surface area (Å²) in [7, 11) is 0. The molecule has 0 spiro atoms. The molecule has 0 aliphatic heterocycles. The van der Waals surface area contributed by atoms with E-state index in [2.05, 4.69) is 10.3 Å². The number of benzene rings is 1. The number of rotatable bonds is 5. The van der Waals surface area contributed by atoms with Gasteiger partial charge in [0.05, 0.1) is 0 Å². The first kappa shape index (κ1) is 15.3. The molecule has 21 heavy (non-hydrogen) atoms. The van der Waals surface area contributed by atoms with Crippen LogP contribution in [0.15, 0.2) is 48.8 Å². The minimum absolute atomic E-state index is 0.110. The van der Waals surface area contributed by atoms with Gasteiger partial charge in [0.15, 0.2) is 0 Å². The summed E-state index contributed by atoms with van der Waals surface area (Å²) in [6, 6.07) is 11.2. The van der Waals surface area contributed by atoms with Crippen LogP contribution >= 0.6 is 11.6 Å². The summed E-state index contributed by atoms with van der Waals surface area (Å²) in [6.07, 6.45) is 3.45. The molecular formula is C16H18ClN3O. The fourth-order valence-corrected chi connectivity index (χ4v) is 2.15. The molecule has 2 rings (SSSR count). The van der Waals surface area contributed by atoms with Gasteiger partial charge in [0.1, 0.15) is 0 Å². The molecule has 4 nitrogen and oxygen atoms in total. The summed E-state index contributed by atoms with van der Waals surface area (Å²) < 4.78 is 0. The average Bonchev–Trinajstić information content (AvgIpc) is 2.53. The molecule has 0 bridgehead atoms. The first-order valence-electron chi connectivity index (χ1n) is 6.85. The number of hydrogen-bond donors (Lipinski definition) is 1. The number of pyridine rings is 1. The predicted molar refractivity (Wildman–Crippen MR) is 84.0 cm³/mol. The van der Waals surface area contributed by atoms with E-state index in [4.69, 9.17) is 11.6 Å². The molecule has 110 valence electrons. The van der Waals surface area contributed by atoms with E-state index < -0.39 is 0 Å². The van der Waals surface area contributed by atoms with E-state index in [1.807, 2.05) is 43.3 Å². The minimum Gasteiger partial charge on any atom is -0.334 e. The van der Waals surface area contributed by atoms with Crippen molar-refractivity contribution in [2.45, 2.75) is 20.0 Å². The summed E-state index contributed by atoms with van der Waals surface area (Å²) in [5, 5.41) is 3.57. The first-order chi connectivity index (χ1) is 10.2. The zero-order chi connectivity index (χ0) is 15.1. The second-order valence-electron chi connectivity index (χ2n) is 4.63. The van der Waals surface area contributed by atoms with Gasteiger partial charge in [-0.2, -0.15) is 0 Å². The number of carbonyl (C=O) groups excluding carboxylic acids is 1. The molecule has 1 aromatic carbocycles. The molecule has 5 heteroatoms. The Morgan fingerprint density at radius 3 is 2.76 bits per heavy atom. The molecular weight excluding hydrogens is 286 g/mol. The van der Waals surface area contributed by atoms with E-state index in [1.54, 1.807) is 17.3 Å². The zero-order valence-electron chi connectivity index (χ0n) is 11.9. The number of nitrogens with zero attached hydrogens (tertiary/aromatic N) is 2. The van der Waals surface area contributed by atoms with Crippen molar-refractivity contribution in [1.29, 1.82) is 0 Å². The van der Waals surface area contributed by atoms with Gasteiger partial charge >= 0.3 is 6.03 Å². The molecule has 0 saturated carbocycles. The first-order valence-corrected chi connectivity index (χ1v) is 7.23. The van der Waals surface area contributed by atoms with Crippen LogP contribution in [0.5, 0.6) is 0 Å². The van der Waals surface area contributed by atoms with Crippen LogP contribution < -0.4 is 5.32 Å². The van der Waals surface area contributed by atoms with Gasteiger partial charge in [0.2, 0.25) is 0 Å². The second-order valence-corrected chi connectivity index (χ2v) is 5.03. The third-order valence-corrected chi connectivity index (χ3v) is 3.52. The molecule has 0 aliphatic carbocycles. The van der Waals surface area contributed by atoms with Crippen LogP contribution in [0.3, 0.4) is 0 Å². The highest BCUT2D eigenvalue weighted by Gasteiger charge is 2.13. The maximum atomic E-state index is 12.2. The lowest BCUT2D eigenvalue weighted by Crippen LogP contribution is -2.39. The number of amides is 2. The lowest BCUT2D eigenvalue weighted by Gasteiger charge is -2.22. The van der Waals surface area contributed by atoms with Gasteiger partial charge in [0.25, 0.3) is 0 Å². The van der Waals surface area contributed by atoms with Crippen LogP contribution in [-0.4, -0.2) is 22.5 Å². The van der Waals surface area contributed by atoms with Crippen LogP contribution in [0.4, 0.5) is 4.79 Å². The smallest absolute Gasteiger partial charge is 0.317 e. The molecule has 0 saturated heterocycles. The standard InChI is InChI=1S/C16H18ClN3O/c1-2-20(12-14-7-3-4-8-15(14)17)16(21)19-11-13-6-5-9-18-10-13/h3-10H,2,11-12H2,1H3,(H,19,21). The molecule has 2 amide bonds. The number of hydrogen-bond acceptors (Lipinski definition) is 2. The monoisotopic (exact) mass is 303 g/mol. The fourth-order valence-electron chi connectivity index (χ4n) is 1.95. The van der Waals surface area contributed by atoms with E-state index in [0.29, 0.717) is 24.7 Å². The molecule has 0 radical (unpaired) electrons. The number of nitrogens with one attached hydrogen (secondary N) is 1. The van der Waals surface area contributed by atoms with Crippen LogP contribution in [-0.2, 0) is 13.1 Å². The van der Waals surface area contributed by atoms with E-state index in [-0.39, 0.29) is 6.03 Å². The van der Waals surface area contributed by atoms with Crippen molar-refractivity contribution in [1.82, 2.24) is 15.2 Å². The molecule has 0 atom stereocenters. The van der Waals surface area contributed by atoms with Crippen molar-refractivity contribution >= 4 is 17.6 Å². The molecule has 0 fully saturated rings. The van der Waals surface area contributed by atoms with E-state index in [0.717, 1.165) is 11.1 Å². The molecule has 1 aromatic heterocycles. The number of carbonyl (C=O) groups is 1. The lowest BCUT2D eigenvalue weighted by molar-refractivity contribution is 0.197. The molecule has 1 heterocycles. The van der Waals surface area contributed by atoms with Crippen molar-refractivity contribution in [3.63, 3.8) is 0 Å². The van der Waals surface area contributed by atoms with Crippen molar-refractivity contribution < 1.29 is 4.79 Å². The second kappa shape index (κ2) is 7.64. The minimum atomic E-state index is -0.110. The normalized spacial score (nSPS) is 10.2. The van der Waals surface area contributed by atoms with E-state index in [1.165, 1.54) is 0 Å². The third kappa shape index (κ3) is 4.46. The van der Waals surface area contributed by atoms with Gasteiger partial charge in [0, 0.05) is 37.1 Å². The molecule has 0 unspecified atom stereocenters. The highest BCUT2D eigenvalue weighted by atomic mass is 35.5. The number of halogens is 1. The van der Waals surface area contributed by atoms with Crippen LogP contribution in [0.1, 0.15) is 18.1 Å². The molecule has 1 N–H and O–H groups in total. The number of aromatic nitrogens is 1. The lowest BCUT2D eigenvalue weighted by atomic mass is 10.2. The van der Waals surface area contributed by atoms with Crippen LogP contribution in [0, 0.1) is 0 Å². The van der Waals surface area contributed by atoms with Gasteiger partial charge in [-0.3, -0.25) is 4.98 Å². The highest BCUT2D eigenvalue weighted by molar-refractivity contribution is 6.31. The number of urea groups is 1. The highest BCUT2D eigenvalue weighted by Crippen LogP contribution is 2.17. The average molecular weight is 304 g/mol. The summed E-state index contributed by atoms with van der Waals surface area (Å²) >= 11 is 6.14. The largest absolute Gasteiger partial charge is 0.334 e. The Bertz CT molecular complexity index is 589. The quantitative estimate of drug-likeness (QED) is 0.919. The predicted octanol–water partition coefficient (Wildman–Crippen LogP) is 3.47. The third-order valence-electron chi connectivity index (χ3n) is 3.15. The summed E-state index contributed by atoms with van der Waals surface area (Å²) in [6.45, 7) is 3.52. The summed E-state index contributed by atoms with van der Waals surface area (Å²) in [4.78, 5) is 18.0. The fraction of sp³-hybridized carbons (Fsp3) is 0.250. The van der Waals surface area contributed by atoms with Gasteiger partial charge in [-0.05, 0) is 30.2 Å². The van der Waals surface area contributed by atoms with Crippen molar-refractivity contribution in [2.24, 2.45) is 0 Å². The Labute approximate surface area is 129 Å². The SMILES string of the molecule is CCN(Cc1ccccc1Cl)C(=O)NCc1cccnc1. The maximum Gasteiger partial charge on any atom is 0.317 e. The van der Waals surface area contributed by atoms with Crippen molar-refractivity contribution in [2.75, 3.05) is 6.54 Å². The van der Waals surface area contributed by atoms with Gasteiger partial charge < -0.3 is 10.2 Å². The van der Waals surface area contributed by atoms with E-state index in [9.17, 15) is 4.79 Å². The van der Waals surface area contributed by atoms with Gasteiger partial charge in [-0.1, -0.05) is 35.9 Å². The Balaban J connectivity index is 1.94.